The van der Waals surface area contributed by atoms with Crippen LogP contribution in [0.3, 0.4) is 0 Å². The lowest BCUT2D eigenvalue weighted by molar-refractivity contribution is 0.182. The normalized spacial score (nSPS) is 20.6. The molecule has 1 saturated heterocycles. The molecule has 1 fully saturated rings. The van der Waals surface area contributed by atoms with Crippen LogP contribution in [0.5, 0.6) is 0 Å². The Morgan fingerprint density at radius 1 is 1.33 bits per heavy atom. The van der Waals surface area contributed by atoms with Crippen LogP contribution in [0, 0.1) is 11.7 Å². The van der Waals surface area contributed by atoms with Gasteiger partial charge in [-0.25, -0.2) is 17.5 Å². The summed E-state index contributed by atoms with van der Waals surface area (Å²) >= 11 is 0. The van der Waals surface area contributed by atoms with Gasteiger partial charge in [0.1, 0.15) is 5.82 Å². The van der Waals surface area contributed by atoms with Crippen molar-refractivity contribution in [2.24, 2.45) is 5.92 Å². The number of hydrogen-bond acceptors (Lipinski definition) is 3. The average Bonchev–Trinajstić information content (AvgIpc) is 2.44. The van der Waals surface area contributed by atoms with E-state index in [9.17, 15) is 12.8 Å². The summed E-state index contributed by atoms with van der Waals surface area (Å²) in [4.78, 5) is 2.50. The molecule has 21 heavy (non-hydrogen) atoms. The van der Waals surface area contributed by atoms with E-state index in [-0.39, 0.29) is 4.90 Å². The molecule has 1 heterocycles. The predicted octanol–water partition coefficient (Wildman–Crippen LogP) is 2.23. The number of piperidine rings is 1. The SMILES string of the molecule is C[C@@H]1CCCN(CCCNS(=O)(=O)c2ccc(F)cc2)C1. The van der Waals surface area contributed by atoms with E-state index in [1.165, 1.54) is 25.0 Å². The Balaban J connectivity index is 1.76. The second-order valence-corrected chi connectivity index (χ2v) is 7.52. The third-order valence-electron chi connectivity index (χ3n) is 3.81. The van der Waals surface area contributed by atoms with Crippen LogP contribution in [0.25, 0.3) is 0 Å². The quantitative estimate of drug-likeness (QED) is 0.819. The summed E-state index contributed by atoms with van der Waals surface area (Å²) in [5.41, 5.74) is 0. The number of halogens is 1. The van der Waals surface area contributed by atoms with Gasteiger partial charge in [-0.2, -0.15) is 0 Å². The Morgan fingerprint density at radius 2 is 2.05 bits per heavy atom. The van der Waals surface area contributed by atoms with E-state index in [0.29, 0.717) is 6.54 Å². The number of sulfonamides is 1. The van der Waals surface area contributed by atoms with Crippen molar-refractivity contribution in [1.29, 1.82) is 0 Å². The molecule has 118 valence electrons. The van der Waals surface area contributed by atoms with Crippen LogP contribution in [-0.4, -0.2) is 39.5 Å². The molecule has 1 aliphatic heterocycles. The zero-order valence-corrected chi connectivity index (χ0v) is 13.2. The minimum absolute atomic E-state index is 0.107. The molecule has 0 aliphatic carbocycles. The van der Waals surface area contributed by atoms with E-state index in [0.717, 1.165) is 44.1 Å². The number of nitrogens with one attached hydrogen (secondary N) is 1. The van der Waals surface area contributed by atoms with E-state index < -0.39 is 15.8 Å². The van der Waals surface area contributed by atoms with E-state index >= 15 is 0 Å². The summed E-state index contributed by atoms with van der Waals surface area (Å²) in [5.74, 6) is 0.294. The lowest BCUT2D eigenvalue weighted by Gasteiger charge is -2.30. The molecule has 0 radical (unpaired) electrons. The van der Waals surface area contributed by atoms with Gasteiger partial charge in [-0.1, -0.05) is 6.92 Å². The molecule has 0 spiro atoms. The van der Waals surface area contributed by atoms with Crippen LogP contribution in [0.2, 0.25) is 0 Å². The Labute approximate surface area is 126 Å². The van der Waals surface area contributed by atoms with E-state index in [1.807, 2.05) is 0 Å². The molecule has 1 aliphatic rings. The first-order valence-electron chi connectivity index (χ1n) is 7.45. The maximum absolute atomic E-state index is 12.8. The molecule has 4 nitrogen and oxygen atoms in total. The molecular formula is C15H23FN2O2S. The van der Waals surface area contributed by atoms with Gasteiger partial charge in [0, 0.05) is 13.1 Å². The minimum atomic E-state index is -3.53. The summed E-state index contributed by atoms with van der Waals surface area (Å²) in [6, 6.07) is 4.88. The van der Waals surface area contributed by atoms with Crippen molar-refractivity contribution in [2.45, 2.75) is 31.1 Å². The average molecular weight is 314 g/mol. The van der Waals surface area contributed by atoms with Crippen molar-refractivity contribution in [3.05, 3.63) is 30.1 Å². The van der Waals surface area contributed by atoms with Crippen LogP contribution < -0.4 is 4.72 Å². The summed E-state index contributed by atoms with van der Waals surface area (Å²) in [6.07, 6.45) is 3.29. The van der Waals surface area contributed by atoms with Gasteiger partial charge >= 0.3 is 0 Å². The molecule has 6 heteroatoms. The van der Waals surface area contributed by atoms with Crippen molar-refractivity contribution in [1.82, 2.24) is 9.62 Å². The summed E-state index contributed by atoms with van der Waals surface area (Å²) in [6.45, 7) is 5.78. The highest BCUT2D eigenvalue weighted by Gasteiger charge is 2.16. The van der Waals surface area contributed by atoms with Gasteiger partial charge in [0.15, 0.2) is 0 Å². The number of nitrogens with zero attached hydrogens (tertiary/aromatic N) is 1. The van der Waals surface area contributed by atoms with Crippen molar-refractivity contribution in [3.63, 3.8) is 0 Å². The molecule has 1 N–H and O–H groups in total. The van der Waals surface area contributed by atoms with Gasteiger partial charge in [-0.3, -0.25) is 0 Å². The van der Waals surface area contributed by atoms with Crippen molar-refractivity contribution < 1.29 is 12.8 Å². The summed E-state index contributed by atoms with van der Waals surface area (Å²) in [5, 5.41) is 0. The molecule has 0 saturated carbocycles. The molecule has 0 aromatic heterocycles. The molecule has 0 amide bonds. The van der Waals surface area contributed by atoms with Gasteiger partial charge in [-0.15, -0.1) is 0 Å². The van der Waals surface area contributed by atoms with Crippen LogP contribution in [0.4, 0.5) is 4.39 Å². The number of rotatable bonds is 6. The molecular weight excluding hydrogens is 291 g/mol. The fourth-order valence-electron chi connectivity index (χ4n) is 2.70. The molecule has 1 aromatic rings. The number of likely N-dealkylation sites (tertiary alicyclic amines) is 1. The Bertz CT molecular complexity index is 545. The van der Waals surface area contributed by atoms with Crippen LogP contribution in [0.1, 0.15) is 26.2 Å². The first kappa shape index (κ1) is 16.4. The first-order chi connectivity index (χ1) is 9.97. The number of benzene rings is 1. The third kappa shape index (κ3) is 5.05. The molecule has 1 atom stereocenters. The fraction of sp³-hybridized carbons (Fsp3) is 0.600. The maximum Gasteiger partial charge on any atom is 0.240 e. The molecule has 2 rings (SSSR count). The van der Waals surface area contributed by atoms with Crippen LogP contribution in [0.15, 0.2) is 29.2 Å². The second-order valence-electron chi connectivity index (χ2n) is 5.75. The predicted molar refractivity (Wildman–Crippen MR) is 81.0 cm³/mol. The topological polar surface area (TPSA) is 49.4 Å². The van der Waals surface area contributed by atoms with Gasteiger partial charge in [-0.05, 0) is 62.5 Å². The zero-order chi connectivity index (χ0) is 15.3. The van der Waals surface area contributed by atoms with Gasteiger partial charge in [0.25, 0.3) is 0 Å². The van der Waals surface area contributed by atoms with Gasteiger partial charge in [0.05, 0.1) is 4.90 Å². The largest absolute Gasteiger partial charge is 0.303 e. The first-order valence-corrected chi connectivity index (χ1v) is 8.93. The summed E-state index contributed by atoms with van der Waals surface area (Å²) < 4.78 is 39.4. The smallest absolute Gasteiger partial charge is 0.240 e. The Kier molecular flexibility index (Phi) is 5.72. The summed E-state index contributed by atoms with van der Waals surface area (Å²) in [7, 11) is -3.53. The molecule has 1 aromatic carbocycles. The van der Waals surface area contributed by atoms with Gasteiger partial charge in [0.2, 0.25) is 10.0 Å². The van der Waals surface area contributed by atoms with E-state index in [2.05, 4.69) is 16.5 Å². The Hall–Kier alpha value is -0.980. The van der Waals surface area contributed by atoms with Crippen molar-refractivity contribution >= 4 is 10.0 Å². The highest BCUT2D eigenvalue weighted by atomic mass is 32.2. The Morgan fingerprint density at radius 3 is 2.71 bits per heavy atom. The maximum atomic E-state index is 12.8. The highest BCUT2D eigenvalue weighted by molar-refractivity contribution is 7.89. The lowest BCUT2D eigenvalue weighted by atomic mass is 10.0. The van der Waals surface area contributed by atoms with Crippen LogP contribution in [-0.2, 0) is 10.0 Å². The highest BCUT2D eigenvalue weighted by Crippen LogP contribution is 2.15. The monoisotopic (exact) mass is 314 g/mol. The van der Waals surface area contributed by atoms with Gasteiger partial charge < -0.3 is 4.90 Å². The van der Waals surface area contributed by atoms with E-state index in [4.69, 9.17) is 0 Å². The van der Waals surface area contributed by atoms with Crippen molar-refractivity contribution in [3.8, 4) is 0 Å². The third-order valence-corrected chi connectivity index (χ3v) is 5.29. The fourth-order valence-corrected chi connectivity index (χ4v) is 3.77. The van der Waals surface area contributed by atoms with Crippen molar-refractivity contribution in [2.75, 3.05) is 26.2 Å². The zero-order valence-electron chi connectivity index (χ0n) is 12.4. The van der Waals surface area contributed by atoms with Crippen LogP contribution >= 0.6 is 0 Å². The van der Waals surface area contributed by atoms with E-state index in [1.54, 1.807) is 0 Å². The molecule has 0 bridgehead atoms. The standard InChI is InChI=1S/C15H23FN2O2S/c1-13-4-2-10-18(12-13)11-3-9-17-21(19,20)15-7-5-14(16)6-8-15/h5-8,13,17H,2-4,9-12H2,1H3/t13-/m1/s1. The molecule has 0 unspecified atom stereocenters. The number of hydrogen-bond donors (Lipinski definition) is 1. The second kappa shape index (κ2) is 7.33. The lowest BCUT2D eigenvalue weighted by Crippen LogP contribution is -2.36. The minimum Gasteiger partial charge on any atom is -0.303 e.